The molecule has 1 aromatic heterocycles. The van der Waals surface area contributed by atoms with Crippen LogP contribution in [0.2, 0.25) is 0 Å². The van der Waals surface area contributed by atoms with Crippen molar-refractivity contribution in [3.05, 3.63) is 66.1 Å². The molecule has 0 N–H and O–H groups in total. The van der Waals surface area contributed by atoms with Gasteiger partial charge in [0.05, 0.1) is 12.2 Å². The van der Waals surface area contributed by atoms with Crippen molar-refractivity contribution >= 4 is 15.9 Å². The molecular weight excluding hydrogens is 488 g/mol. The van der Waals surface area contributed by atoms with Crippen LogP contribution in [0.25, 0.3) is 11.5 Å². The molecule has 2 aromatic carbocycles. The van der Waals surface area contributed by atoms with Crippen LogP contribution in [-0.4, -0.2) is 59.5 Å². The second kappa shape index (κ2) is 11.0. The van der Waals surface area contributed by atoms with E-state index in [1.165, 1.54) is 4.31 Å². The average molecular weight is 520 g/mol. The minimum Gasteiger partial charge on any atom is -0.415 e. The number of hydrogen-bond donors (Lipinski definition) is 0. The Balaban J connectivity index is 1.59. The summed E-state index contributed by atoms with van der Waals surface area (Å²) in [6.45, 7) is 8.13. The van der Waals surface area contributed by atoms with Gasteiger partial charge in [0.25, 0.3) is 5.89 Å². The molecule has 0 amide bonds. The molecule has 0 aliphatic carbocycles. The van der Waals surface area contributed by atoms with Gasteiger partial charge < -0.3 is 4.42 Å². The Hall–Kier alpha value is -2.89. The van der Waals surface area contributed by atoms with Crippen LogP contribution in [0.15, 0.2) is 59.0 Å². The van der Waals surface area contributed by atoms with E-state index >= 15 is 0 Å². The first-order valence-electron chi connectivity index (χ1n) is 12.0. The zero-order valence-corrected chi connectivity index (χ0v) is 21.4. The Kier molecular flexibility index (Phi) is 8.01. The van der Waals surface area contributed by atoms with Crippen LogP contribution in [0, 0.1) is 0 Å². The Morgan fingerprint density at radius 2 is 1.67 bits per heavy atom. The monoisotopic (exact) mass is 519 g/mol. The zero-order valence-electron chi connectivity index (χ0n) is 20.6. The van der Waals surface area contributed by atoms with E-state index in [1.54, 1.807) is 40.7 Å². The number of hydrogen-bond acceptors (Lipinski definition) is 6. The molecule has 0 bridgehead atoms. The van der Waals surface area contributed by atoms with E-state index in [2.05, 4.69) is 35.9 Å². The number of nitrogens with zero attached hydrogens (tertiary/aromatic N) is 5. The summed E-state index contributed by atoms with van der Waals surface area (Å²) >= 11 is 0. The van der Waals surface area contributed by atoms with Gasteiger partial charge in [0.2, 0.25) is 5.89 Å². The molecule has 2 heterocycles. The molecule has 3 aromatic rings. The van der Waals surface area contributed by atoms with E-state index in [9.17, 15) is 17.2 Å². The lowest BCUT2D eigenvalue weighted by molar-refractivity contribution is 0.0772. The molecule has 36 heavy (non-hydrogen) atoms. The minimum atomic E-state index is -3.83. The fraction of sp³-hybridized carbons (Fsp3) is 0.440. The van der Waals surface area contributed by atoms with Gasteiger partial charge >= 0.3 is 16.6 Å². The minimum absolute atomic E-state index is 0.0164. The van der Waals surface area contributed by atoms with Gasteiger partial charge in [-0.2, -0.15) is 21.5 Å². The van der Waals surface area contributed by atoms with Gasteiger partial charge in [0, 0.05) is 30.7 Å². The second-order valence-electron chi connectivity index (χ2n) is 9.05. The third-order valence-electron chi connectivity index (χ3n) is 6.35. The maximum atomic E-state index is 13.9. The van der Waals surface area contributed by atoms with E-state index in [1.807, 2.05) is 18.2 Å². The molecular formula is C25H31F2N5O3S. The van der Waals surface area contributed by atoms with Crippen LogP contribution in [-0.2, 0) is 16.8 Å². The average Bonchev–Trinajstić information content (AvgIpc) is 3.36. The molecule has 2 atom stereocenters. The second-order valence-corrected chi connectivity index (χ2v) is 10.9. The van der Waals surface area contributed by atoms with E-state index in [0.29, 0.717) is 24.3 Å². The molecule has 11 heteroatoms. The summed E-state index contributed by atoms with van der Waals surface area (Å²) < 4.78 is 61.4. The predicted molar refractivity (Wildman–Crippen MR) is 134 cm³/mol. The summed E-state index contributed by atoms with van der Waals surface area (Å²) in [5, 5.41) is 7.02. The standard InChI is InChI=1S/C25H31F2N5O3S/c1-4-14-31-18(2)15-30(16-19(31)3)36(33,34)32(22-8-6-5-7-9-22)17-20-10-12-21(13-11-20)24-28-29-25(35-24)23(26)27/h5-13,18-19,23H,4,14-17H2,1-3H3/t18-,19+. The van der Waals surface area contributed by atoms with E-state index < -0.39 is 22.5 Å². The third kappa shape index (κ3) is 5.58. The topological polar surface area (TPSA) is 82.8 Å². The van der Waals surface area contributed by atoms with Gasteiger partial charge in [-0.1, -0.05) is 37.3 Å². The Morgan fingerprint density at radius 3 is 2.22 bits per heavy atom. The zero-order chi connectivity index (χ0) is 25.9. The molecule has 1 aliphatic heterocycles. The lowest BCUT2D eigenvalue weighted by Gasteiger charge is -2.45. The summed E-state index contributed by atoms with van der Waals surface area (Å²) in [5.41, 5.74) is 1.77. The van der Waals surface area contributed by atoms with Crippen molar-refractivity contribution in [2.45, 2.75) is 52.2 Å². The lowest BCUT2D eigenvalue weighted by Crippen LogP contribution is -2.60. The van der Waals surface area contributed by atoms with Crippen molar-refractivity contribution < 1.29 is 21.6 Å². The molecule has 8 nitrogen and oxygen atoms in total. The molecule has 0 unspecified atom stereocenters. The van der Waals surface area contributed by atoms with E-state index in [0.717, 1.165) is 18.5 Å². The first-order valence-corrected chi connectivity index (χ1v) is 13.4. The highest BCUT2D eigenvalue weighted by Gasteiger charge is 2.38. The largest absolute Gasteiger partial charge is 0.415 e. The van der Waals surface area contributed by atoms with Crippen LogP contribution >= 0.6 is 0 Å². The van der Waals surface area contributed by atoms with Crippen molar-refractivity contribution in [2.24, 2.45) is 0 Å². The number of alkyl halides is 2. The van der Waals surface area contributed by atoms with Crippen LogP contribution in [0.4, 0.5) is 14.5 Å². The molecule has 1 fully saturated rings. The van der Waals surface area contributed by atoms with Crippen molar-refractivity contribution in [3.63, 3.8) is 0 Å². The lowest BCUT2D eigenvalue weighted by atomic mass is 10.1. The maximum Gasteiger partial charge on any atom is 0.314 e. The quantitative estimate of drug-likeness (QED) is 0.407. The Bertz CT molecular complexity index is 1230. The Morgan fingerprint density at radius 1 is 1.03 bits per heavy atom. The smallest absolute Gasteiger partial charge is 0.314 e. The normalized spacial score (nSPS) is 19.6. The van der Waals surface area contributed by atoms with E-state index in [4.69, 9.17) is 4.42 Å². The highest BCUT2D eigenvalue weighted by Crippen LogP contribution is 2.28. The Labute approximate surface area is 210 Å². The molecule has 0 spiro atoms. The summed E-state index contributed by atoms with van der Waals surface area (Å²) in [6, 6.07) is 16.0. The summed E-state index contributed by atoms with van der Waals surface area (Å²) in [7, 11) is -3.83. The van der Waals surface area contributed by atoms with E-state index in [-0.39, 0.29) is 24.5 Å². The van der Waals surface area contributed by atoms with Crippen molar-refractivity contribution in [1.82, 2.24) is 19.4 Å². The number of benzene rings is 2. The van der Waals surface area contributed by atoms with Gasteiger partial charge in [-0.15, -0.1) is 10.2 Å². The fourth-order valence-electron chi connectivity index (χ4n) is 4.59. The number of aromatic nitrogens is 2. The van der Waals surface area contributed by atoms with Crippen molar-refractivity contribution in [1.29, 1.82) is 0 Å². The van der Waals surface area contributed by atoms with Crippen molar-refractivity contribution in [2.75, 3.05) is 23.9 Å². The molecule has 4 rings (SSSR count). The van der Waals surface area contributed by atoms with Gasteiger partial charge in [-0.05, 0) is 56.6 Å². The van der Waals surface area contributed by atoms with Gasteiger partial charge in [-0.25, -0.2) is 0 Å². The van der Waals surface area contributed by atoms with Crippen molar-refractivity contribution in [3.8, 4) is 11.5 Å². The maximum absolute atomic E-state index is 13.9. The molecule has 0 radical (unpaired) electrons. The number of halogens is 2. The summed E-state index contributed by atoms with van der Waals surface area (Å²) in [5.74, 6) is -0.754. The molecule has 0 saturated carbocycles. The first kappa shape index (κ1) is 26.2. The first-order chi connectivity index (χ1) is 17.2. The number of anilines is 1. The highest BCUT2D eigenvalue weighted by molar-refractivity contribution is 7.90. The molecule has 194 valence electrons. The highest BCUT2D eigenvalue weighted by atomic mass is 32.2. The summed E-state index contributed by atoms with van der Waals surface area (Å²) in [4.78, 5) is 2.36. The van der Waals surface area contributed by atoms with Crippen LogP contribution in [0.5, 0.6) is 0 Å². The number of rotatable bonds is 9. The van der Waals surface area contributed by atoms with Gasteiger partial charge in [-0.3, -0.25) is 9.21 Å². The number of piperazine rings is 1. The van der Waals surface area contributed by atoms with Crippen LogP contribution in [0.3, 0.4) is 0 Å². The fourth-order valence-corrected chi connectivity index (χ4v) is 6.38. The molecule has 1 aliphatic rings. The van der Waals surface area contributed by atoms with Gasteiger partial charge in [0.15, 0.2) is 0 Å². The van der Waals surface area contributed by atoms with Crippen LogP contribution < -0.4 is 4.31 Å². The summed E-state index contributed by atoms with van der Waals surface area (Å²) in [6.07, 6.45) is -1.83. The number of para-hydroxylation sites is 1. The SMILES string of the molecule is CCCN1[C@H](C)CN(S(=O)(=O)N(Cc2ccc(-c3nnc(C(F)F)o3)cc2)c2ccccc2)C[C@@H]1C. The third-order valence-corrected chi connectivity index (χ3v) is 8.20. The van der Waals surface area contributed by atoms with Gasteiger partial charge in [0.1, 0.15) is 0 Å². The predicted octanol–water partition coefficient (Wildman–Crippen LogP) is 4.73. The molecule has 1 saturated heterocycles. The van der Waals surface area contributed by atoms with Crippen LogP contribution in [0.1, 0.15) is 45.1 Å².